The number of benzene rings is 2. The van der Waals surface area contributed by atoms with E-state index < -0.39 is 4.92 Å². The molecule has 4 rings (SSSR count). The van der Waals surface area contributed by atoms with Crippen LogP contribution in [0.1, 0.15) is 5.56 Å². The Morgan fingerprint density at radius 1 is 1.27 bits per heavy atom. The highest BCUT2D eigenvalue weighted by molar-refractivity contribution is 6.30. The lowest BCUT2D eigenvalue weighted by Gasteiger charge is -2.49. The largest absolute Gasteiger partial charge is 0.368 e. The van der Waals surface area contributed by atoms with Crippen molar-refractivity contribution >= 4 is 34.6 Å². The fraction of sp³-hybridized carbons (Fsp3) is 0.318. The summed E-state index contributed by atoms with van der Waals surface area (Å²) in [6, 6.07) is 12.6. The van der Waals surface area contributed by atoms with E-state index in [2.05, 4.69) is 21.7 Å². The molecule has 1 amide bonds. The summed E-state index contributed by atoms with van der Waals surface area (Å²) >= 11 is 6.03. The van der Waals surface area contributed by atoms with Crippen molar-refractivity contribution in [2.45, 2.75) is 12.5 Å². The second-order valence-electron chi connectivity index (χ2n) is 7.60. The second kappa shape index (κ2) is 8.36. The van der Waals surface area contributed by atoms with Gasteiger partial charge in [0, 0.05) is 54.7 Å². The van der Waals surface area contributed by atoms with Crippen molar-refractivity contribution in [1.82, 2.24) is 5.32 Å². The maximum Gasteiger partial charge on any atom is 0.269 e. The monoisotopic (exact) mass is 426 g/mol. The Hall–Kier alpha value is -3.06. The summed E-state index contributed by atoms with van der Waals surface area (Å²) in [5.74, 6) is -0.366. The second-order valence-corrected chi connectivity index (χ2v) is 8.03. The minimum atomic E-state index is -0.391. The maximum absolute atomic E-state index is 13.0. The third-order valence-corrected chi connectivity index (χ3v) is 6.11. The van der Waals surface area contributed by atoms with Crippen molar-refractivity contribution < 1.29 is 9.72 Å². The highest BCUT2D eigenvalue weighted by Gasteiger charge is 2.42. The average Bonchev–Trinajstić information content (AvgIpc) is 2.76. The van der Waals surface area contributed by atoms with E-state index in [1.807, 2.05) is 30.3 Å². The predicted octanol–water partition coefficient (Wildman–Crippen LogP) is 3.42. The molecule has 8 heteroatoms. The molecule has 2 aromatic rings. The van der Waals surface area contributed by atoms with Crippen LogP contribution in [0.25, 0.3) is 0 Å². The number of nitrogens with zero attached hydrogens (tertiary/aromatic N) is 3. The zero-order chi connectivity index (χ0) is 21.3. The summed E-state index contributed by atoms with van der Waals surface area (Å²) in [6.45, 7) is 6.26. The van der Waals surface area contributed by atoms with E-state index in [9.17, 15) is 14.9 Å². The molecule has 2 atom stereocenters. The van der Waals surface area contributed by atoms with Gasteiger partial charge in [-0.2, -0.15) is 0 Å². The van der Waals surface area contributed by atoms with Gasteiger partial charge < -0.3 is 15.1 Å². The van der Waals surface area contributed by atoms with Crippen molar-refractivity contribution in [3.05, 3.63) is 75.8 Å². The van der Waals surface area contributed by atoms with Crippen molar-refractivity contribution in [2.24, 2.45) is 5.92 Å². The maximum atomic E-state index is 13.0. The Morgan fingerprint density at radius 2 is 2.03 bits per heavy atom. The molecular formula is C22H23ClN4O3. The van der Waals surface area contributed by atoms with E-state index >= 15 is 0 Å². The molecule has 2 aromatic carbocycles. The Morgan fingerprint density at radius 3 is 2.73 bits per heavy atom. The van der Waals surface area contributed by atoms with Gasteiger partial charge in [-0.15, -0.1) is 6.58 Å². The number of non-ortho nitro benzene ring substituents is 1. The van der Waals surface area contributed by atoms with Gasteiger partial charge in [-0.3, -0.25) is 14.9 Å². The number of nitrogens with one attached hydrogen (secondary N) is 1. The number of rotatable bonds is 5. The van der Waals surface area contributed by atoms with Crippen LogP contribution >= 0.6 is 11.6 Å². The predicted molar refractivity (Wildman–Crippen MR) is 118 cm³/mol. The number of hydrogen-bond donors (Lipinski definition) is 1. The normalized spacial score (nSPS) is 20.2. The fourth-order valence-corrected chi connectivity index (χ4v) is 4.54. The standard InChI is InChI=1S/C22H23ClN4O3/c1-2-9-24-22(28)19-13-15-12-18(27(29)30)7-8-20(15)26-11-10-25(14-21(19)26)17-5-3-16(23)4-6-17/h2-8,12,19,21H,1,9-11,13-14H2,(H,24,28). The molecule has 30 heavy (non-hydrogen) atoms. The van der Waals surface area contributed by atoms with Gasteiger partial charge in [0.25, 0.3) is 5.69 Å². The van der Waals surface area contributed by atoms with Gasteiger partial charge in [-0.25, -0.2) is 0 Å². The zero-order valence-corrected chi connectivity index (χ0v) is 17.2. The van der Waals surface area contributed by atoms with E-state index in [1.165, 1.54) is 0 Å². The average molecular weight is 427 g/mol. The van der Waals surface area contributed by atoms with Crippen molar-refractivity contribution in [2.75, 3.05) is 36.0 Å². The summed E-state index contributed by atoms with van der Waals surface area (Å²) < 4.78 is 0. The zero-order valence-electron chi connectivity index (χ0n) is 16.5. The highest BCUT2D eigenvalue weighted by atomic mass is 35.5. The lowest BCUT2D eigenvalue weighted by atomic mass is 9.83. The van der Waals surface area contributed by atoms with Crippen LogP contribution in [0.3, 0.4) is 0 Å². The summed E-state index contributed by atoms with van der Waals surface area (Å²) in [5.41, 5.74) is 2.95. The van der Waals surface area contributed by atoms with Gasteiger partial charge in [-0.05, 0) is 42.3 Å². The van der Waals surface area contributed by atoms with Crippen LogP contribution in [0.5, 0.6) is 0 Å². The molecule has 0 saturated carbocycles. The van der Waals surface area contributed by atoms with Gasteiger partial charge in [-0.1, -0.05) is 17.7 Å². The highest BCUT2D eigenvalue weighted by Crippen LogP contribution is 2.38. The summed E-state index contributed by atoms with van der Waals surface area (Å²) in [7, 11) is 0. The lowest BCUT2D eigenvalue weighted by Crippen LogP contribution is -2.61. The van der Waals surface area contributed by atoms with Crippen LogP contribution in [0.15, 0.2) is 55.1 Å². The number of piperazine rings is 1. The van der Waals surface area contributed by atoms with Gasteiger partial charge >= 0.3 is 0 Å². The number of carbonyl (C=O) groups excluding carboxylic acids is 1. The first-order valence-electron chi connectivity index (χ1n) is 9.91. The third-order valence-electron chi connectivity index (χ3n) is 5.86. The van der Waals surface area contributed by atoms with E-state index in [4.69, 9.17) is 11.6 Å². The Bertz CT molecular complexity index is 979. The van der Waals surface area contributed by atoms with Gasteiger partial charge in [0.1, 0.15) is 0 Å². The van der Waals surface area contributed by atoms with Crippen molar-refractivity contribution in [1.29, 1.82) is 0 Å². The summed E-state index contributed by atoms with van der Waals surface area (Å²) in [6.07, 6.45) is 2.12. The molecule has 0 aromatic heterocycles. The molecule has 0 aliphatic carbocycles. The molecule has 1 saturated heterocycles. The first-order valence-corrected chi connectivity index (χ1v) is 10.3. The number of anilines is 2. The third kappa shape index (κ3) is 3.85. The molecule has 1 N–H and O–H groups in total. The van der Waals surface area contributed by atoms with E-state index in [0.29, 0.717) is 24.5 Å². The first kappa shape index (κ1) is 20.2. The molecule has 0 bridgehead atoms. The molecule has 0 radical (unpaired) electrons. The minimum Gasteiger partial charge on any atom is -0.368 e. The number of hydrogen-bond acceptors (Lipinski definition) is 5. The number of halogens is 1. The summed E-state index contributed by atoms with van der Waals surface area (Å²) in [5, 5.41) is 14.8. The fourth-order valence-electron chi connectivity index (χ4n) is 4.41. The van der Waals surface area contributed by atoms with Crippen LogP contribution in [-0.4, -0.2) is 43.1 Å². The molecule has 2 aliphatic rings. The van der Waals surface area contributed by atoms with Gasteiger partial charge in [0.2, 0.25) is 5.91 Å². The Labute approximate surface area is 180 Å². The van der Waals surface area contributed by atoms with Crippen LogP contribution in [-0.2, 0) is 11.2 Å². The Kier molecular flexibility index (Phi) is 5.63. The van der Waals surface area contributed by atoms with Crippen LogP contribution in [0, 0.1) is 16.0 Å². The van der Waals surface area contributed by atoms with Crippen LogP contribution in [0.4, 0.5) is 17.1 Å². The topological polar surface area (TPSA) is 78.7 Å². The number of nitro groups is 1. The van der Waals surface area contributed by atoms with E-state index in [0.717, 1.165) is 30.0 Å². The molecule has 2 unspecified atom stereocenters. The van der Waals surface area contributed by atoms with Crippen LogP contribution < -0.4 is 15.1 Å². The van der Waals surface area contributed by atoms with Crippen molar-refractivity contribution in [3.8, 4) is 0 Å². The molecule has 1 fully saturated rings. The Balaban J connectivity index is 1.67. The smallest absolute Gasteiger partial charge is 0.269 e. The van der Waals surface area contributed by atoms with E-state index in [-0.39, 0.29) is 23.6 Å². The number of nitro benzene ring substituents is 1. The quantitative estimate of drug-likeness (QED) is 0.450. The number of amides is 1. The van der Waals surface area contributed by atoms with Gasteiger partial charge in [0.05, 0.1) is 16.9 Å². The molecule has 0 spiro atoms. The summed E-state index contributed by atoms with van der Waals surface area (Å²) in [4.78, 5) is 28.3. The lowest BCUT2D eigenvalue weighted by molar-refractivity contribution is -0.384. The minimum absolute atomic E-state index is 0.0341. The molecule has 2 aliphatic heterocycles. The molecule has 2 heterocycles. The SMILES string of the molecule is C=CCNC(=O)C1Cc2cc([N+](=O)[O-])ccc2N2CCN(c3ccc(Cl)cc3)CC12. The number of fused-ring (bicyclic) bond motifs is 3. The first-order chi connectivity index (χ1) is 14.5. The number of carbonyl (C=O) groups is 1. The van der Waals surface area contributed by atoms with E-state index in [1.54, 1.807) is 18.2 Å². The molecular weight excluding hydrogens is 404 g/mol. The van der Waals surface area contributed by atoms with Crippen LogP contribution in [0.2, 0.25) is 5.02 Å². The molecule has 156 valence electrons. The van der Waals surface area contributed by atoms with Gasteiger partial charge in [0.15, 0.2) is 0 Å². The molecule has 7 nitrogen and oxygen atoms in total. The van der Waals surface area contributed by atoms with Crippen molar-refractivity contribution in [3.63, 3.8) is 0 Å².